The van der Waals surface area contributed by atoms with Gasteiger partial charge in [-0.25, -0.2) is 4.79 Å². The first kappa shape index (κ1) is 11.8. The number of hydrogen-bond donors (Lipinski definition) is 0. The summed E-state index contributed by atoms with van der Waals surface area (Å²) in [5.74, 6) is -0.686. The topological polar surface area (TPSA) is 86.5 Å². The largest absolute Gasteiger partial charge is 0.451 e. The molecule has 0 N–H and O–H groups in total. The fraction of sp³-hybridized carbons (Fsp3) is 0.200. The lowest BCUT2D eigenvalue weighted by molar-refractivity contribution is -0.384. The Morgan fingerprint density at radius 1 is 1.44 bits per heavy atom. The van der Waals surface area contributed by atoms with Gasteiger partial charge in [0.1, 0.15) is 0 Å². The highest BCUT2D eigenvalue weighted by molar-refractivity contribution is 5.90. The Morgan fingerprint density at radius 2 is 2.00 bits per heavy atom. The third kappa shape index (κ3) is 2.88. The van der Waals surface area contributed by atoms with E-state index in [1.807, 2.05) is 0 Å². The normalized spacial score (nSPS) is 11.6. The summed E-state index contributed by atoms with van der Waals surface area (Å²) in [4.78, 5) is 31.4. The van der Waals surface area contributed by atoms with E-state index in [4.69, 9.17) is 4.74 Å². The Labute approximate surface area is 91.0 Å². The van der Waals surface area contributed by atoms with Crippen molar-refractivity contribution in [1.29, 1.82) is 0 Å². The molecule has 16 heavy (non-hydrogen) atoms. The Balaban J connectivity index is 2.77. The van der Waals surface area contributed by atoms with Gasteiger partial charge in [-0.1, -0.05) is 0 Å². The third-order valence-electron chi connectivity index (χ3n) is 1.80. The number of carbonyl (C=O) groups is 2. The molecule has 0 bridgehead atoms. The molecule has 1 atom stereocenters. The van der Waals surface area contributed by atoms with Gasteiger partial charge < -0.3 is 4.74 Å². The summed E-state index contributed by atoms with van der Waals surface area (Å²) in [6, 6.07) is 4.94. The first-order valence-electron chi connectivity index (χ1n) is 4.45. The summed E-state index contributed by atoms with van der Waals surface area (Å²) in [7, 11) is 0. The molecular weight excluding hydrogens is 214 g/mol. The van der Waals surface area contributed by atoms with Crippen molar-refractivity contribution >= 4 is 17.9 Å². The molecule has 0 radical (unpaired) electrons. The highest BCUT2D eigenvalue weighted by Crippen LogP contribution is 2.12. The smallest absolute Gasteiger partial charge is 0.338 e. The quantitative estimate of drug-likeness (QED) is 0.332. The summed E-state index contributed by atoms with van der Waals surface area (Å²) >= 11 is 0. The zero-order chi connectivity index (χ0) is 12.1. The molecule has 0 heterocycles. The summed E-state index contributed by atoms with van der Waals surface area (Å²) < 4.78 is 4.71. The van der Waals surface area contributed by atoms with Crippen molar-refractivity contribution in [3.63, 3.8) is 0 Å². The molecule has 0 saturated heterocycles. The second kappa shape index (κ2) is 5.01. The van der Waals surface area contributed by atoms with E-state index in [0.717, 1.165) is 0 Å². The van der Waals surface area contributed by atoms with Crippen LogP contribution in [0.2, 0.25) is 0 Å². The van der Waals surface area contributed by atoms with Crippen molar-refractivity contribution in [2.45, 2.75) is 13.0 Å². The predicted octanol–water partition coefficient (Wildman–Crippen LogP) is 1.34. The van der Waals surface area contributed by atoms with Gasteiger partial charge in [-0.2, -0.15) is 0 Å². The molecule has 1 unspecified atom stereocenters. The second-order valence-electron chi connectivity index (χ2n) is 3.05. The van der Waals surface area contributed by atoms with E-state index in [-0.39, 0.29) is 11.3 Å². The molecule has 0 aromatic heterocycles. The van der Waals surface area contributed by atoms with Crippen LogP contribution in [-0.4, -0.2) is 23.3 Å². The molecule has 0 spiro atoms. The molecule has 0 fully saturated rings. The number of nitro groups is 1. The maximum Gasteiger partial charge on any atom is 0.338 e. The van der Waals surface area contributed by atoms with Crippen LogP contribution in [0.1, 0.15) is 17.3 Å². The average molecular weight is 223 g/mol. The molecule has 0 saturated carbocycles. The van der Waals surface area contributed by atoms with E-state index in [1.54, 1.807) is 0 Å². The fourth-order valence-electron chi connectivity index (χ4n) is 0.984. The summed E-state index contributed by atoms with van der Waals surface area (Å²) in [5, 5.41) is 10.3. The molecule has 1 aromatic carbocycles. The van der Waals surface area contributed by atoms with Crippen molar-refractivity contribution < 1.29 is 19.2 Å². The van der Waals surface area contributed by atoms with Gasteiger partial charge in [-0.05, 0) is 19.1 Å². The number of carbonyl (C=O) groups excluding carboxylic acids is 2. The number of esters is 1. The average Bonchev–Trinajstić information content (AvgIpc) is 2.28. The second-order valence-corrected chi connectivity index (χ2v) is 3.05. The van der Waals surface area contributed by atoms with Crippen molar-refractivity contribution in [1.82, 2.24) is 0 Å². The van der Waals surface area contributed by atoms with E-state index in [2.05, 4.69) is 0 Å². The van der Waals surface area contributed by atoms with Crippen LogP contribution < -0.4 is 0 Å². The monoisotopic (exact) mass is 223 g/mol. The zero-order valence-corrected chi connectivity index (χ0v) is 8.45. The molecule has 0 amide bonds. The number of nitrogens with zero attached hydrogens (tertiary/aromatic N) is 1. The third-order valence-corrected chi connectivity index (χ3v) is 1.80. The van der Waals surface area contributed by atoms with Crippen molar-refractivity contribution in [3.8, 4) is 0 Å². The lowest BCUT2D eigenvalue weighted by Crippen LogP contribution is -2.15. The van der Waals surface area contributed by atoms with Crippen molar-refractivity contribution in [2.75, 3.05) is 0 Å². The molecule has 6 nitrogen and oxygen atoms in total. The lowest BCUT2D eigenvalue weighted by Gasteiger charge is -2.06. The van der Waals surface area contributed by atoms with E-state index in [1.165, 1.54) is 31.2 Å². The van der Waals surface area contributed by atoms with Gasteiger partial charge >= 0.3 is 5.97 Å². The highest BCUT2D eigenvalue weighted by Gasteiger charge is 2.12. The van der Waals surface area contributed by atoms with Gasteiger partial charge in [0.25, 0.3) is 5.69 Å². The van der Waals surface area contributed by atoms with Crippen LogP contribution in [-0.2, 0) is 9.53 Å². The van der Waals surface area contributed by atoms with Gasteiger partial charge in [-0.3, -0.25) is 14.9 Å². The van der Waals surface area contributed by atoms with Gasteiger partial charge in [0.15, 0.2) is 12.4 Å². The highest BCUT2D eigenvalue weighted by atomic mass is 16.6. The minimum atomic E-state index is -0.831. The summed E-state index contributed by atoms with van der Waals surface area (Å²) in [6.45, 7) is 1.43. The molecule has 0 aliphatic rings. The number of nitro benzene ring substituents is 1. The molecule has 1 aromatic rings. The van der Waals surface area contributed by atoms with Crippen molar-refractivity contribution in [3.05, 3.63) is 39.9 Å². The first-order valence-corrected chi connectivity index (χ1v) is 4.45. The maximum absolute atomic E-state index is 11.3. The SMILES string of the molecule is CC(C=O)OC(=O)c1ccc([N+](=O)[O-])cc1. The van der Waals surface area contributed by atoms with Crippen LogP contribution in [0.3, 0.4) is 0 Å². The number of benzene rings is 1. The summed E-state index contributed by atoms with van der Waals surface area (Å²) in [6.07, 6.45) is -0.341. The van der Waals surface area contributed by atoms with Crippen LogP contribution in [0.25, 0.3) is 0 Å². The Morgan fingerprint density at radius 3 is 2.44 bits per heavy atom. The first-order chi connectivity index (χ1) is 7.54. The van der Waals surface area contributed by atoms with E-state index >= 15 is 0 Å². The summed E-state index contributed by atoms with van der Waals surface area (Å²) in [5.41, 5.74) is 0.0549. The van der Waals surface area contributed by atoms with Crippen LogP contribution in [0.5, 0.6) is 0 Å². The minimum Gasteiger partial charge on any atom is -0.451 e. The number of aldehydes is 1. The number of rotatable bonds is 4. The minimum absolute atomic E-state index is 0.111. The van der Waals surface area contributed by atoms with Crippen molar-refractivity contribution in [2.24, 2.45) is 0 Å². The number of non-ortho nitro benzene ring substituents is 1. The Hall–Kier alpha value is -2.24. The number of ether oxygens (including phenoxy) is 1. The standard InChI is InChI=1S/C10H9NO5/c1-7(6-12)16-10(13)8-2-4-9(5-3-8)11(14)15/h2-7H,1H3. The van der Waals surface area contributed by atoms with Crippen LogP contribution in [0.15, 0.2) is 24.3 Å². The van der Waals surface area contributed by atoms with Gasteiger partial charge in [0.2, 0.25) is 0 Å². The molecular formula is C10H9NO5. The maximum atomic E-state index is 11.3. The van der Waals surface area contributed by atoms with Gasteiger partial charge in [0, 0.05) is 12.1 Å². The lowest BCUT2D eigenvalue weighted by atomic mass is 10.2. The molecule has 84 valence electrons. The molecule has 6 heteroatoms. The fourth-order valence-corrected chi connectivity index (χ4v) is 0.984. The Bertz CT molecular complexity index is 412. The van der Waals surface area contributed by atoms with Crippen LogP contribution >= 0.6 is 0 Å². The van der Waals surface area contributed by atoms with Crippen LogP contribution in [0, 0.1) is 10.1 Å². The van der Waals surface area contributed by atoms with E-state index in [9.17, 15) is 19.7 Å². The molecule has 0 aliphatic heterocycles. The van der Waals surface area contributed by atoms with Gasteiger partial charge in [0.05, 0.1) is 10.5 Å². The predicted molar refractivity (Wildman–Crippen MR) is 54.0 cm³/mol. The van der Waals surface area contributed by atoms with Gasteiger partial charge in [-0.15, -0.1) is 0 Å². The van der Waals surface area contributed by atoms with Crippen LogP contribution in [0.4, 0.5) is 5.69 Å². The zero-order valence-electron chi connectivity index (χ0n) is 8.45. The molecule has 0 aliphatic carbocycles. The number of hydrogen-bond acceptors (Lipinski definition) is 5. The van der Waals surface area contributed by atoms with E-state index in [0.29, 0.717) is 6.29 Å². The molecule has 1 rings (SSSR count). The Kier molecular flexibility index (Phi) is 3.71. The van der Waals surface area contributed by atoms with E-state index < -0.39 is 17.0 Å².